The normalized spacial score (nSPS) is 11.8. The van der Waals surface area contributed by atoms with E-state index in [-0.39, 0.29) is 11.8 Å². The van der Waals surface area contributed by atoms with Gasteiger partial charge in [0.15, 0.2) is 0 Å². The number of para-hydroxylation sites is 1. The number of benzene rings is 1. The molecule has 1 aromatic carbocycles. The smallest absolute Gasteiger partial charge is 0.312 e. The quantitative estimate of drug-likeness (QED) is 0.701. The van der Waals surface area contributed by atoms with Crippen molar-refractivity contribution in [2.45, 2.75) is 26.3 Å². The zero-order chi connectivity index (χ0) is 15.8. The van der Waals surface area contributed by atoms with Crippen molar-refractivity contribution < 1.29 is 14.3 Å². The fourth-order valence-corrected chi connectivity index (χ4v) is 2.03. The molecule has 3 amide bonds. The zero-order valence-corrected chi connectivity index (χ0v) is 12.7. The minimum Gasteiger partial charge on any atom is -0.496 e. The predicted octanol–water partition coefficient (Wildman–Crippen LogP) is 1.05. The summed E-state index contributed by atoms with van der Waals surface area (Å²) in [5.41, 5.74) is 6.10. The van der Waals surface area contributed by atoms with Crippen molar-refractivity contribution in [1.29, 1.82) is 0 Å². The Morgan fingerprint density at radius 1 is 1.29 bits per heavy atom. The van der Waals surface area contributed by atoms with Gasteiger partial charge in [-0.1, -0.05) is 32.0 Å². The summed E-state index contributed by atoms with van der Waals surface area (Å²) in [5, 5.41) is 5.26. The molecule has 0 saturated carbocycles. The van der Waals surface area contributed by atoms with Crippen LogP contribution in [0.3, 0.4) is 0 Å². The molecule has 0 aliphatic rings. The van der Waals surface area contributed by atoms with E-state index < -0.39 is 12.1 Å². The summed E-state index contributed by atoms with van der Waals surface area (Å²) >= 11 is 0. The first-order chi connectivity index (χ1) is 9.95. The Balaban J connectivity index is 2.53. The third-order valence-electron chi connectivity index (χ3n) is 3.13. The largest absolute Gasteiger partial charge is 0.496 e. The number of rotatable bonds is 7. The van der Waals surface area contributed by atoms with E-state index in [0.717, 1.165) is 11.3 Å². The average molecular weight is 293 g/mol. The maximum absolute atomic E-state index is 12.1. The van der Waals surface area contributed by atoms with E-state index in [1.54, 1.807) is 7.11 Å². The van der Waals surface area contributed by atoms with Crippen molar-refractivity contribution in [1.82, 2.24) is 10.6 Å². The molecule has 21 heavy (non-hydrogen) atoms. The fraction of sp³-hybridized carbons (Fsp3) is 0.467. The molecule has 116 valence electrons. The summed E-state index contributed by atoms with van der Waals surface area (Å²) in [6.45, 7) is 4.16. The molecule has 1 aromatic rings. The van der Waals surface area contributed by atoms with Gasteiger partial charge in [-0.25, -0.2) is 4.79 Å². The third kappa shape index (κ3) is 5.33. The number of carbonyl (C=O) groups is 2. The van der Waals surface area contributed by atoms with E-state index in [1.165, 1.54) is 0 Å². The molecule has 0 aromatic heterocycles. The van der Waals surface area contributed by atoms with Crippen molar-refractivity contribution in [2.24, 2.45) is 11.7 Å². The van der Waals surface area contributed by atoms with Crippen LogP contribution in [0.4, 0.5) is 4.79 Å². The molecular formula is C15H23N3O3. The van der Waals surface area contributed by atoms with E-state index in [1.807, 2.05) is 38.1 Å². The second-order valence-electron chi connectivity index (χ2n) is 5.08. The summed E-state index contributed by atoms with van der Waals surface area (Å²) in [5.74, 6) is 0.518. The van der Waals surface area contributed by atoms with Gasteiger partial charge in [0.25, 0.3) is 0 Å². The van der Waals surface area contributed by atoms with Crippen LogP contribution in [-0.2, 0) is 11.2 Å². The van der Waals surface area contributed by atoms with E-state index in [0.29, 0.717) is 13.0 Å². The summed E-state index contributed by atoms with van der Waals surface area (Å²) in [6.07, 6.45) is 0.650. The minimum atomic E-state index is -0.700. The van der Waals surface area contributed by atoms with Crippen LogP contribution >= 0.6 is 0 Å². The van der Waals surface area contributed by atoms with Crippen LogP contribution in [0.15, 0.2) is 24.3 Å². The molecule has 1 rings (SSSR count). The molecule has 1 atom stereocenters. The van der Waals surface area contributed by atoms with Crippen LogP contribution in [-0.4, -0.2) is 31.6 Å². The highest BCUT2D eigenvalue weighted by atomic mass is 16.5. The standard InChI is InChI=1S/C15H23N3O3/c1-10(2)13(18-15(16)20)14(19)17-9-8-11-6-4-5-7-12(11)21-3/h4-7,10,13H,8-9H2,1-3H3,(H,17,19)(H3,16,18,20). The molecule has 0 bridgehead atoms. The summed E-state index contributed by atoms with van der Waals surface area (Å²) in [7, 11) is 1.61. The number of urea groups is 1. The Morgan fingerprint density at radius 3 is 2.52 bits per heavy atom. The Morgan fingerprint density at radius 2 is 1.95 bits per heavy atom. The zero-order valence-electron chi connectivity index (χ0n) is 12.7. The molecule has 0 saturated heterocycles. The van der Waals surface area contributed by atoms with Crippen molar-refractivity contribution in [2.75, 3.05) is 13.7 Å². The fourth-order valence-electron chi connectivity index (χ4n) is 2.03. The third-order valence-corrected chi connectivity index (χ3v) is 3.13. The number of nitrogens with one attached hydrogen (secondary N) is 2. The van der Waals surface area contributed by atoms with Crippen LogP contribution in [0.25, 0.3) is 0 Å². The molecule has 6 nitrogen and oxygen atoms in total. The van der Waals surface area contributed by atoms with Gasteiger partial charge < -0.3 is 21.1 Å². The highest BCUT2D eigenvalue weighted by molar-refractivity contribution is 5.86. The molecule has 0 radical (unpaired) electrons. The van der Waals surface area contributed by atoms with E-state index in [4.69, 9.17) is 10.5 Å². The maximum atomic E-state index is 12.1. The van der Waals surface area contributed by atoms with Crippen molar-refractivity contribution in [3.8, 4) is 5.75 Å². The van der Waals surface area contributed by atoms with E-state index >= 15 is 0 Å². The van der Waals surface area contributed by atoms with Gasteiger partial charge in [0, 0.05) is 6.54 Å². The van der Waals surface area contributed by atoms with Crippen LogP contribution in [0.1, 0.15) is 19.4 Å². The van der Waals surface area contributed by atoms with Gasteiger partial charge in [0.2, 0.25) is 5.91 Å². The second-order valence-corrected chi connectivity index (χ2v) is 5.08. The first-order valence-electron chi connectivity index (χ1n) is 6.91. The minimum absolute atomic E-state index is 0.0382. The first-order valence-corrected chi connectivity index (χ1v) is 6.91. The Hall–Kier alpha value is -2.24. The average Bonchev–Trinajstić information content (AvgIpc) is 2.44. The highest BCUT2D eigenvalue weighted by Crippen LogP contribution is 2.17. The molecule has 0 spiro atoms. The topological polar surface area (TPSA) is 93.4 Å². The van der Waals surface area contributed by atoms with Crippen LogP contribution in [0, 0.1) is 5.92 Å². The predicted molar refractivity (Wildman–Crippen MR) is 81.1 cm³/mol. The first kappa shape index (κ1) is 16.8. The summed E-state index contributed by atoms with van der Waals surface area (Å²) in [4.78, 5) is 23.0. The SMILES string of the molecule is COc1ccccc1CCNC(=O)C(NC(N)=O)C(C)C. The molecule has 0 aliphatic heterocycles. The highest BCUT2D eigenvalue weighted by Gasteiger charge is 2.22. The molecule has 4 N–H and O–H groups in total. The molecule has 6 heteroatoms. The number of hydrogen-bond donors (Lipinski definition) is 3. The molecule has 0 fully saturated rings. The number of methoxy groups -OCH3 is 1. The van der Waals surface area contributed by atoms with Crippen molar-refractivity contribution in [3.63, 3.8) is 0 Å². The van der Waals surface area contributed by atoms with Crippen molar-refractivity contribution >= 4 is 11.9 Å². The number of primary amides is 1. The lowest BCUT2D eigenvalue weighted by Gasteiger charge is -2.20. The summed E-state index contributed by atoms with van der Waals surface area (Å²) < 4.78 is 5.25. The molecule has 0 heterocycles. The lowest BCUT2D eigenvalue weighted by Crippen LogP contribution is -2.51. The number of ether oxygens (including phenoxy) is 1. The Kier molecular flexibility index (Phi) is 6.52. The van der Waals surface area contributed by atoms with Gasteiger partial charge >= 0.3 is 6.03 Å². The molecule has 1 unspecified atom stereocenters. The number of nitrogens with two attached hydrogens (primary N) is 1. The van der Waals surface area contributed by atoms with Crippen LogP contribution < -0.4 is 21.1 Å². The van der Waals surface area contributed by atoms with Gasteiger partial charge in [0.1, 0.15) is 11.8 Å². The van der Waals surface area contributed by atoms with E-state index in [9.17, 15) is 9.59 Å². The van der Waals surface area contributed by atoms with Crippen LogP contribution in [0.2, 0.25) is 0 Å². The van der Waals surface area contributed by atoms with Gasteiger partial charge in [-0.15, -0.1) is 0 Å². The van der Waals surface area contributed by atoms with Crippen molar-refractivity contribution in [3.05, 3.63) is 29.8 Å². The van der Waals surface area contributed by atoms with Gasteiger partial charge in [-0.05, 0) is 24.0 Å². The molecular weight excluding hydrogens is 270 g/mol. The monoisotopic (exact) mass is 293 g/mol. The van der Waals surface area contributed by atoms with Gasteiger partial charge in [0.05, 0.1) is 7.11 Å². The van der Waals surface area contributed by atoms with Gasteiger partial charge in [-0.3, -0.25) is 4.79 Å². The van der Waals surface area contributed by atoms with Crippen LogP contribution in [0.5, 0.6) is 5.75 Å². The summed E-state index contributed by atoms with van der Waals surface area (Å²) in [6, 6.07) is 6.32. The van der Waals surface area contributed by atoms with Gasteiger partial charge in [-0.2, -0.15) is 0 Å². The maximum Gasteiger partial charge on any atom is 0.312 e. The Bertz CT molecular complexity index is 489. The Labute approximate surface area is 125 Å². The molecule has 0 aliphatic carbocycles. The van der Waals surface area contributed by atoms with E-state index in [2.05, 4.69) is 10.6 Å². The number of hydrogen-bond acceptors (Lipinski definition) is 3. The second kappa shape index (κ2) is 8.14. The number of amides is 3. The number of carbonyl (C=O) groups excluding carboxylic acids is 2. The lowest BCUT2D eigenvalue weighted by molar-refractivity contribution is -0.123. The lowest BCUT2D eigenvalue weighted by atomic mass is 10.0.